The molecule has 0 aliphatic carbocycles. The molecule has 2 atom stereocenters. The number of rotatable bonds is 5. The molecule has 0 bridgehead atoms. The van der Waals surface area contributed by atoms with Gasteiger partial charge in [0.2, 0.25) is 0 Å². The summed E-state index contributed by atoms with van der Waals surface area (Å²) in [7, 11) is 2.67. The minimum absolute atomic E-state index is 0.0673. The molecule has 1 fully saturated rings. The summed E-state index contributed by atoms with van der Waals surface area (Å²) < 4.78 is 1.96. The number of likely N-dealkylation sites (tertiary alicyclic amines) is 1. The van der Waals surface area contributed by atoms with Crippen molar-refractivity contribution in [2.45, 2.75) is 52.7 Å². The zero-order chi connectivity index (χ0) is 22.8. The van der Waals surface area contributed by atoms with E-state index in [1.54, 1.807) is 6.08 Å². The van der Waals surface area contributed by atoms with Crippen LogP contribution >= 0.6 is 8.58 Å². The lowest BCUT2D eigenvalue weighted by atomic mass is 9.88. The van der Waals surface area contributed by atoms with Crippen LogP contribution in [-0.2, 0) is 4.79 Å². The quantitative estimate of drug-likeness (QED) is 0.552. The number of amides is 1. The van der Waals surface area contributed by atoms with Gasteiger partial charge in [-0.2, -0.15) is 5.10 Å². The van der Waals surface area contributed by atoms with Crippen LogP contribution in [0.15, 0.2) is 47.7 Å². The highest BCUT2D eigenvalue weighted by Crippen LogP contribution is 2.45. The molecule has 4 rings (SSSR count). The van der Waals surface area contributed by atoms with E-state index in [1.165, 1.54) is 16.7 Å². The summed E-state index contributed by atoms with van der Waals surface area (Å²) in [6.07, 6.45) is 16.0. The van der Waals surface area contributed by atoms with E-state index in [9.17, 15) is 4.79 Å². The Kier molecular flexibility index (Phi) is 6.97. The molecule has 6 heteroatoms. The molecular formula is C26H35N4OP. The summed E-state index contributed by atoms with van der Waals surface area (Å²) in [6.45, 7) is 10.7. The summed E-state index contributed by atoms with van der Waals surface area (Å²) in [5.41, 5.74) is 5.70. The first-order valence-electron chi connectivity index (χ1n) is 11.7. The summed E-state index contributed by atoms with van der Waals surface area (Å²) in [5, 5.41) is 5.91. The number of allylic oxidation sites excluding steroid dienone is 5. The van der Waals surface area contributed by atoms with E-state index in [2.05, 4.69) is 76.3 Å². The van der Waals surface area contributed by atoms with Crippen LogP contribution in [0.2, 0.25) is 0 Å². The summed E-state index contributed by atoms with van der Waals surface area (Å²) >= 11 is 0. The van der Waals surface area contributed by atoms with Crippen molar-refractivity contribution in [3.63, 3.8) is 0 Å². The Morgan fingerprint density at radius 3 is 2.69 bits per heavy atom. The van der Waals surface area contributed by atoms with Crippen molar-refractivity contribution in [2.24, 2.45) is 5.92 Å². The van der Waals surface area contributed by atoms with Crippen molar-refractivity contribution in [3.8, 4) is 0 Å². The van der Waals surface area contributed by atoms with E-state index in [-0.39, 0.29) is 11.7 Å². The largest absolute Gasteiger partial charge is 0.306 e. The molecule has 0 N–H and O–H groups in total. The average Bonchev–Trinajstić information content (AvgIpc) is 3.17. The van der Waals surface area contributed by atoms with Crippen molar-refractivity contribution in [1.29, 1.82) is 0 Å². The zero-order valence-corrected chi connectivity index (χ0v) is 20.9. The lowest BCUT2D eigenvalue weighted by Crippen LogP contribution is -2.37. The lowest BCUT2D eigenvalue weighted by molar-refractivity contribution is -0.123. The maximum atomic E-state index is 13.1. The fraction of sp³-hybridized carbons (Fsp3) is 0.462. The molecule has 1 amide bonds. The predicted molar refractivity (Wildman–Crippen MR) is 136 cm³/mol. The first kappa shape index (κ1) is 22.9. The molecule has 5 nitrogen and oxygen atoms in total. The average molecular weight is 451 g/mol. The molecule has 3 aliphatic heterocycles. The van der Waals surface area contributed by atoms with Gasteiger partial charge in [0.15, 0.2) is 0 Å². The minimum atomic E-state index is 0.0673. The molecule has 2 unspecified atom stereocenters. The van der Waals surface area contributed by atoms with Gasteiger partial charge in [-0.05, 0) is 83.3 Å². The van der Waals surface area contributed by atoms with Crippen LogP contribution in [-0.4, -0.2) is 51.4 Å². The van der Waals surface area contributed by atoms with Crippen molar-refractivity contribution < 1.29 is 4.79 Å². The van der Waals surface area contributed by atoms with Gasteiger partial charge >= 0.3 is 0 Å². The highest BCUT2D eigenvalue weighted by Gasteiger charge is 2.31. The van der Waals surface area contributed by atoms with Crippen molar-refractivity contribution in [3.05, 3.63) is 59.1 Å². The predicted octanol–water partition coefficient (Wildman–Crippen LogP) is 5.56. The van der Waals surface area contributed by atoms with Gasteiger partial charge in [0.1, 0.15) is 0 Å². The normalized spacial score (nSPS) is 23.3. The van der Waals surface area contributed by atoms with Crippen LogP contribution in [0.5, 0.6) is 0 Å². The van der Waals surface area contributed by atoms with E-state index in [4.69, 9.17) is 5.10 Å². The van der Waals surface area contributed by atoms with Gasteiger partial charge in [0.25, 0.3) is 5.91 Å². The summed E-state index contributed by atoms with van der Waals surface area (Å²) in [5.74, 6) is 0.722. The van der Waals surface area contributed by atoms with E-state index >= 15 is 0 Å². The number of piperidine rings is 1. The fourth-order valence-electron chi connectivity index (χ4n) is 4.60. The fourth-order valence-corrected chi connectivity index (χ4v) is 5.93. The maximum absolute atomic E-state index is 13.1. The third-order valence-corrected chi connectivity index (χ3v) is 7.86. The molecule has 170 valence electrons. The molecule has 0 saturated carbocycles. The Bertz CT molecular complexity index is 1030. The number of carbonyl (C=O) groups is 1. The second-order valence-corrected chi connectivity index (χ2v) is 10.7. The molecule has 1 aromatic heterocycles. The second-order valence-electron chi connectivity index (χ2n) is 9.32. The second kappa shape index (κ2) is 9.72. The number of carbonyl (C=O) groups excluding carboxylic acids is 1. The third kappa shape index (κ3) is 4.89. The first-order chi connectivity index (χ1) is 15.4. The zero-order valence-electron chi connectivity index (χ0n) is 19.9. The van der Waals surface area contributed by atoms with Gasteiger partial charge in [0, 0.05) is 23.8 Å². The van der Waals surface area contributed by atoms with Crippen LogP contribution in [0.4, 0.5) is 0 Å². The van der Waals surface area contributed by atoms with Gasteiger partial charge in [-0.25, -0.2) is 4.68 Å². The van der Waals surface area contributed by atoms with E-state index in [0.717, 1.165) is 49.1 Å². The van der Waals surface area contributed by atoms with Crippen LogP contribution in [0.3, 0.4) is 0 Å². The van der Waals surface area contributed by atoms with Gasteiger partial charge in [-0.1, -0.05) is 39.3 Å². The van der Waals surface area contributed by atoms with E-state index in [1.807, 2.05) is 9.58 Å². The first-order valence-corrected chi connectivity index (χ1v) is 12.7. The van der Waals surface area contributed by atoms with Crippen LogP contribution < -0.4 is 0 Å². The number of fused-ring (bicyclic) bond motifs is 1. The van der Waals surface area contributed by atoms with E-state index < -0.39 is 0 Å². The molecular weight excluding hydrogens is 415 g/mol. The Hall–Kier alpha value is -2.23. The monoisotopic (exact) mass is 450 g/mol. The number of hydrogen-bond donors (Lipinski definition) is 0. The summed E-state index contributed by atoms with van der Waals surface area (Å²) in [4.78, 5) is 17.4. The third-order valence-electron chi connectivity index (χ3n) is 6.38. The Labute approximate surface area is 194 Å². The Morgan fingerprint density at radius 1 is 1.25 bits per heavy atom. The standard InChI is InChI=1S/C26H35N4OP/c1-6-7-19(4)23-14-22(27-30(23)16-18(2)3)24-15-25(31)29-17-21(8-9-26(29)32-24)20-10-12-28(5)13-11-20/h7-9,14-17,20,26,32H,6,10-13H2,1-5H3/b19-7+. The maximum Gasteiger partial charge on any atom is 0.252 e. The van der Waals surface area contributed by atoms with Gasteiger partial charge in [-0.3, -0.25) is 4.79 Å². The Morgan fingerprint density at radius 2 is 2.00 bits per heavy atom. The van der Waals surface area contributed by atoms with Crippen molar-refractivity contribution in [1.82, 2.24) is 19.6 Å². The molecule has 3 aliphatic rings. The highest BCUT2D eigenvalue weighted by molar-refractivity contribution is 7.51. The number of nitrogens with zero attached hydrogens (tertiary/aromatic N) is 4. The highest BCUT2D eigenvalue weighted by atomic mass is 31.1. The smallest absolute Gasteiger partial charge is 0.252 e. The number of aromatic nitrogens is 2. The van der Waals surface area contributed by atoms with Crippen LogP contribution in [0.25, 0.3) is 17.1 Å². The van der Waals surface area contributed by atoms with Crippen LogP contribution in [0.1, 0.15) is 58.3 Å². The van der Waals surface area contributed by atoms with Crippen molar-refractivity contribution >= 4 is 31.6 Å². The lowest BCUT2D eigenvalue weighted by Gasteiger charge is -2.36. The molecule has 4 heterocycles. The van der Waals surface area contributed by atoms with E-state index in [0.29, 0.717) is 14.5 Å². The molecule has 32 heavy (non-hydrogen) atoms. The van der Waals surface area contributed by atoms with Gasteiger partial charge in [0.05, 0.1) is 17.2 Å². The van der Waals surface area contributed by atoms with Gasteiger partial charge in [-0.15, -0.1) is 0 Å². The van der Waals surface area contributed by atoms with Crippen LogP contribution in [0, 0.1) is 5.92 Å². The Balaban J connectivity index is 1.60. The molecule has 1 saturated heterocycles. The van der Waals surface area contributed by atoms with Crippen molar-refractivity contribution in [2.75, 3.05) is 20.1 Å². The molecule has 1 aromatic rings. The topological polar surface area (TPSA) is 41.4 Å². The molecule has 0 radical (unpaired) electrons. The minimum Gasteiger partial charge on any atom is -0.306 e. The molecule has 0 spiro atoms. The number of hydrogen-bond acceptors (Lipinski definition) is 3. The molecule has 0 aromatic carbocycles. The SMILES string of the molecule is CC/C=C(\C)c1cc(C2=CC(=O)N3C=C(C4CCN(C)CC4)C=CC3P2)nn1C=C(C)C. The summed E-state index contributed by atoms with van der Waals surface area (Å²) in [6, 6.07) is 2.13. The van der Waals surface area contributed by atoms with Gasteiger partial charge < -0.3 is 9.80 Å².